The molecule has 1 saturated heterocycles. The van der Waals surface area contributed by atoms with Crippen molar-refractivity contribution in [3.8, 4) is 5.75 Å². The van der Waals surface area contributed by atoms with Gasteiger partial charge in [-0.3, -0.25) is 4.79 Å². The third-order valence-corrected chi connectivity index (χ3v) is 4.92. The van der Waals surface area contributed by atoms with Crippen molar-refractivity contribution in [3.05, 3.63) is 29.3 Å². The summed E-state index contributed by atoms with van der Waals surface area (Å²) < 4.78 is 6.13. The van der Waals surface area contributed by atoms with Crippen LogP contribution >= 0.6 is 0 Å². The first-order valence-corrected chi connectivity index (χ1v) is 9.78. The van der Waals surface area contributed by atoms with E-state index in [-0.39, 0.29) is 18.1 Å². The number of amides is 2. The second-order valence-electron chi connectivity index (χ2n) is 7.93. The number of hydrogen-bond donors (Lipinski definition) is 2. The minimum Gasteiger partial charge on any atom is -0.490 e. The molecule has 1 atom stereocenters. The lowest BCUT2D eigenvalue weighted by atomic mass is 9.97. The van der Waals surface area contributed by atoms with Crippen LogP contribution in [0.1, 0.15) is 51.2 Å². The third kappa shape index (κ3) is 6.45. The van der Waals surface area contributed by atoms with Crippen LogP contribution in [0.5, 0.6) is 5.75 Å². The van der Waals surface area contributed by atoms with Gasteiger partial charge < -0.3 is 20.1 Å². The molecule has 2 amide bonds. The van der Waals surface area contributed by atoms with Crippen LogP contribution in [-0.2, 0) is 11.3 Å². The van der Waals surface area contributed by atoms with Gasteiger partial charge in [-0.15, -0.1) is 0 Å². The van der Waals surface area contributed by atoms with E-state index in [4.69, 9.17) is 9.84 Å². The van der Waals surface area contributed by atoms with Gasteiger partial charge in [-0.05, 0) is 50.7 Å². The average molecular weight is 376 g/mol. The van der Waals surface area contributed by atoms with E-state index in [9.17, 15) is 9.59 Å². The highest BCUT2D eigenvalue weighted by atomic mass is 16.5. The zero-order valence-corrected chi connectivity index (χ0v) is 16.8. The van der Waals surface area contributed by atoms with E-state index in [0.717, 1.165) is 23.3 Å². The number of carbonyl (C=O) groups excluding carboxylic acids is 1. The number of benzene rings is 1. The first-order chi connectivity index (χ1) is 12.8. The Bertz CT molecular complexity index is 652. The molecule has 0 bridgehead atoms. The number of likely N-dealkylation sites (tertiary alicyclic amines) is 1. The molecule has 0 spiro atoms. The van der Waals surface area contributed by atoms with E-state index in [1.807, 2.05) is 25.1 Å². The SMILES string of the molecule is Cc1ccc(CNC(=O)N2CCC(C(=O)O)CC2)c(OC(C)CC(C)C)c1. The second kappa shape index (κ2) is 9.62. The quantitative estimate of drug-likeness (QED) is 0.758. The second-order valence-corrected chi connectivity index (χ2v) is 7.93. The van der Waals surface area contributed by atoms with Gasteiger partial charge in [-0.25, -0.2) is 4.79 Å². The number of ether oxygens (including phenoxy) is 1. The maximum absolute atomic E-state index is 12.4. The van der Waals surface area contributed by atoms with Crippen LogP contribution in [0.3, 0.4) is 0 Å². The van der Waals surface area contributed by atoms with Crippen molar-refractivity contribution in [2.75, 3.05) is 13.1 Å². The van der Waals surface area contributed by atoms with Crippen molar-refractivity contribution < 1.29 is 19.4 Å². The summed E-state index contributed by atoms with van der Waals surface area (Å²) in [6.07, 6.45) is 2.09. The average Bonchev–Trinajstić information content (AvgIpc) is 2.60. The monoisotopic (exact) mass is 376 g/mol. The van der Waals surface area contributed by atoms with Gasteiger partial charge in [-0.1, -0.05) is 26.0 Å². The smallest absolute Gasteiger partial charge is 0.317 e. The first kappa shape index (κ1) is 21.1. The number of nitrogens with zero attached hydrogens (tertiary/aromatic N) is 1. The van der Waals surface area contributed by atoms with Gasteiger partial charge >= 0.3 is 12.0 Å². The molecular formula is C21H32N2O4. The lowest BCUT2D eigenvalue weighted by molar-refractivity contribution is -0.143. The van der Waals surface area contributed by atoms with Gasteiger partial charge in [0.25, 0.3) is 0 Å². The maximum atomic E-state index is 12.4. The van der Waals surface area contributed by atoms with Crippen LogP contribution < -0.4 is 10.1 Å². The fraction of sp³-hybridized carbons (Fsp3) is 0.619. The van der Waals surface area contributed by atoms with E-state index in [1.54, 1.807) is 4.90 Å². The largest absolute Gasteiger partial charge is 0.490 e. The zero-order valence-electron chi connectivity index (χ0n) is 16.8. The van der Waals surface area contributed by atoms with Gasteiger partial charge in [-0.2, -0.15) is 0 Å². The van der Waals surface area contributed by atoms with E-state index < -0.39 is 5.97 Å². The van der Waals surface area contributed by atoms with Crippen LogP contribution in [0.2, 0.25) is 0 Å². The molecule has 6 heteroatoms. The fourth-order valence-electron chi connectivity index (χ4n) is 3.46. The van der Waals surface area contributed by atoms with Crippen molar-refractivity contribution in [2.24, 2.45) is 11.8 Å². The van der Waals surface area contributed by atoms with Crippen LogP contribution in [-0.4, -0.2) is 41.2 Å². The Morgan fingerprint density at radius 2 is 1.93 bits per heavy atom. The van der Waals surface area contributed by atoms with Crippen molar-refractivity contribution in [1.82, 2.24) is 10.2 Å². The number of urea groups is 1. The summed E-state index contributed by atoms with van der Waals surface area (Å²) in [5.41, 5.74) is 2.07. The Kier molecular flexibility index (Phi) is 7.51. The van der Waals surface area contributed by atoms with Gasteiger partial charge in [0, 0.05) is 25.2 Å². The molecule has 1 aromatic carbocycles. The third-order valence-electron chi connectivity index (χ3n) is 4.92. The van der Waals surface area contributed by atoms with Crippen molar-refractivity contribution in [3.63, 3.8) is 0 Å². The number of nitrogens with one attached hydrogen (secondary N) is 1. The summed E-state index contributed by atoms with van der Waals surface area (Å²) in [7, 11) is 0. The molecule has 150 valence electrons. The molecule has 1 aromatic rings. The first-order valence-electron chi connectivity index (χ1n) is 9.78. The molecule has 1 heterocycles. The van der Waals surface area contributed by atoms with Crippen LogP contribution in [0.4, 0.5) is 4.79 Å². The summed E-state index contributed by atoms with van der Waals surface area (Å²) in [6, 6.07) is 5.86. The molecule has 2 rings (SSSR count). The Morgan fingerprint density at radius 1 is 1.26 bits per heavy atom. The number of aryl methyl sites for hydroxylation is 1. The molecule has 2 N–H and O–H groups in total. The highest BCUT2D eigenvalue weighted by molar-refractivity contribution is 5.75. The summed E-state index contributed by atoms with van der Waals surface area (Å²) in [5.74, 6) is 0.260. The van der Waals surface area contributed by atoms with Crippen molar-refractivity contribution in [2.45, 2.75) is 59.6 Å². The summed E-state index contributed by atoms with van der Waals surface area (Å²) in [4.78, 5) is 25.1. The predicted octanol–water partition coefficient (Wildman–Crippen LogP) is 3.81. The van der Waals surface area contributed by atoms with E-state index >= 15 is 0 Å². The summed E-state index contributed by atoms with van der Waals surface area (Å²) >= 11 is 0. The molecule has 0 saturated carbocycles. The molecule has 27 heavy (non-hydrogen) atoms. The van der Waals surface area contributed by atoms with Gasteiger partial charge in [0.15, 0.2) is 0 Å². The lowest BCUT2D eigenvalue weighted by Crippen LogP contribution is -2.45. The molecule has 0 aliphatic carbocycles. The Hall–Kier alpha value is -2.24. The van der Waals surface area contributed by atoms with Gasteiger partial charge in [0.05, 0.1) is 12.0 Å². The highest BCUT2D eigenvalue weighted by Crippen LogP contribution is 2.24. The van der Waals surface area contributed by atoms with E-state index in [0.29, 0.717) is 38.4 Å². The number of hydrogen-bond acceptors (Lipinski definition) is 3. The minimum absolute atomic E-state index is 0.108. The van der Waals surface area contributed by atoms with Gasteiger partial charge in [0.1, 0.15) is 5.75 Å². The molecule has 1 fully saturated rings. The predicted molar refractivity (Wildman–Crippen MR) is 105 cm³/mol. The zero-order chi connectivity index (χ0) is 20.0. The molecule has 1 aliphatic rings. The molecule has 1 unspecified atom stereocenters. The maximum Gasteiger partial charge on any atom is 0.317 e. The molecular weight excluding hydrogens is 344 g/mol. The van der Waals surface area contributed by atoms with Crippen LogP contribution in [0, 0.1) is 18.8 Å². The Balaban J connectivity index is 1.93. The molecule has 0 aromatic heterocycles. The lowest BCUT2D eigenvalue weighted by Gasteiger charge is -2.30. The Labute approximate surface area is 161 Å². The highest BCUT2D eigenvalue weighted by Gasteiger charge is 2.26. The summed E-state index contributed by atoms with van der Waals surface area (Å²) in [6.45, 7) is 9.78. The van der Waals surface area contributed by atoms with E-state index in [2.05, 4.69) is 26.1 Å². The molecule has 0 radical (unpaired) electrons. The number of carboxylic acid groups (broad SMARTS) is 1. The van der Waals surface area contributed by atoms with Crippen molar-refractivity contribution in [1.29, 1.82) is 0 Å². The topological polar surface area (TPSA) is 78.9 Å². The number of piperidine rings is 1. The standard InChI is InChI=1S/C21H32N2O4/c1-14(2)11-16(4)27-19-12-15(3)5-6-18(19)13-22-21(26)23-9-7-17(8-10-23)20(24)25/h5-6,12,14,16-17H,7-11,13H2,1-4H3,(H,22,26)(H,24,25). The van der Waals surface area contributed by atoms with E-state index in [1.165, 1.54) is 0 Å². The summed E-state index contributed by atoms with van der Waals surface area (Å²) in [5, 5.41) is 12.0. The minimum atomic E-state index is -0.771. The normalized spacial score (nSPS) is 16.3. The van der Waals surface area contributed by atoms with Crippen LogP contribution in [0.25, 0.3) is 0 Å². The number of carboxylic acids is 1. The fourth-order valence-corrected chi connectivity index (χ4v) is 3.46. The number of rotatable bonds is 7. The number of aliphatic carboxylic acids is 1. The van der Waals surface area contributed by atoms with Crippen LogP contribution in [0.15, 0.2) is 18.2 Å². The molecule has 1 aliphatic heterocycles. The van der Waals surface area contributed by atoms with Crippen molar-refractivity contribution >= 4 is 12.0 Å². The molecule has 6 nitrogen and oxygen atoms in total. The Morgan fingerprint density at radius 3 is 2.52 bits per heavy atom. The van der Waals surface area contributed by atoms with Gasteiger partial charge in [0.2, 0.25) is 0 Å². The number of carbonyl (C=O) groups is 2.